The van der Waals surface area contributed by atoms with Crippen LogP contribution in [0.25, 0.3) is 0 Å². The highest BCUT2D eigenvalue weighted by Crippen LogP contribution is 2.22. The number of H-pyrrole nitrogens is 1. The first-order valence-corrected chi connectivity index (χ1v) is 5.92. The van der Waals surface area contributed by atoms with Gasteiger partial charge in [0.05, 0.1) is 6.33 Å². The summed E-state index contributed by atoms with van der Waals surface area (Å²) in [6.45, 7) is 4.01. The molecule has 0 fully saturated rings. The van der Waals surface area contributed by atoms with Crippen LogP contribution in [0.5, 0.6) is 0 Å². The number of hydrogen-bond acceptors (Lipinski definition) is 3. The molecule has 0 amide bonds. The predicted molar refractivity (Wildman–Crippen MR) is 65.6 cm³/mol. The third kappa shape index (κ3) is 2.95. The van der Waals surface area contributed by atoms with Crippen LogP contribution in [0.3, 0.4) is 0 Å². The second kappa shape index (κ2) is 4.99. The average Bonchev–Trinajstić information content (AvgIpc) is 2.25. The van der Waals surface area contributed by atoms with Crippen molar-refractivity contribution in [3.63, 3.8) is 0 Å². The Bertz CT molecular complexity index is 389. The molecule has 0 aromatic carbocycles. The minimum absolute atomic E-state index is 0.208. The van der Waals surface area contributed by atoms with E-state index in [1.54, 1.807) is 0 Å². The van der Waals surface area contributed by atoms with E-state index in [9.17, 15) is 4.79 Å². The van der Waals surface area contributed by atoms with Crippen LogP contribution in [0.1, 0.15) is 20.3 Å². The van der Waals surface area contributed by atoms with Crippen molar-refractivity contribution in [3.05, 3.63) is 21.2 Å². The highest BCUT2D eigenvalue weighted by atomic mass is 79.9. The largest absolute Gasteiger partial charge is 0.363 e. The quantitative estimate of drug-likeness (QED) is 0.838. The number of nitrogens with one attached hydrogen (secondary N) is 2. The molecular weight excluding hydrogens is 281 g/mol. The van der Waals surface area contributed by atoms with Crippen molar-refractivity contribution < 1.29 is 0 Å². The Morgan fingerprint density at radius 1 is 1.73 bits per heavy atom. The predicted octanol–water partition coefficient (Wildman–Crippen LogP) is 2.35. The minimum atomic E-state index is -0.259. The van der Waals surface area contributed by atoms with Crippen molar-refractivity contribution in [2.45, 2.75) is 25.8 Å². The normalized spacial score (nSPS) is 14.7. The molecule has 1 heterocycles. The SMILES string of the molecule is CCC(C)(CCl)Nc1nc[nH]c(=O)c1Br. The number of halogens is 2. The van der Waals surface area contributed by atoms with Crippen LogP contribution in [0.15, 0.2) is 15.6 Å². The molecule has 6 heteroatoms. The van der Waals surface area contributed by atoms with Gasteiger partial charge in [-0.25, -0.2) is 4.98 Å². The summed E-state index contributed by atoms with van der Waals surface area (Å²) < 4.78 is 0.398. The van der Waals surface area contributed by atoms with E-state index in [4.69, 9.17) is 11.6 Å². The summed E-state index contributed by atoms with van der Waals surface area (Å²) in [4.78, 5) is 17.8. The summed E-state index contributed by atoms with van der Waals surface area (Å²) >= 11 is 9.04. The van der Waals surface area contributed by atoms with Gasteiger partial charge in [0.2, 0.25) is 0 Å². The third-order valence-corrected chi connectivity index (χ3v) is 3.62. The molecule has 0 aliphatic carbocycles. The molecule has 0 bridgehead atoms. The van der Waals surface area contributed by atoms with E-state index >= 15 is 0 Å². The standard InChI is InChI=1S/C9H13BrClN3O/c1-3-9(2,4-11)14-7-6(10)8(15)13-5-12-7/h5H,3-4H2,1-2H3,(H2,12,13,14,15). The van der Waals surface area contributed by atoms with Gasteiger partial charge in [0.25, 0.3) is 5.56 Å². The highest BCUT2D eigenvalue weighted by Gasteiger charge is 2.22. The van der Waals surface area contributed by atoms with Gasteiger partial charge in [0.15, 0.2) is 0 Å². The second-order valence-corrected chi connectivity index (χ2v) is 4.63. The second-order valence-electron chi connectivity index (χ2n) is 3.57. The van der Waals surface area contributed by atoms with Gasteiger partial charge in [0, 0.05) is 11.4 Å². The topological polar surface area (TPSA) is 57.8 Å². The number of rotatable bonds is 4. The summed E-state index contributed by atoms with van der Waals surface area (Å²) in [5.74, 6) is 0.966. The van der Waals surface area contributed by atoms with Gasteiger partial charge in [-0.1, -0.05) is 6.92 Å². The van der Waals surface area contributed by atoms with Crippen LogP contribution in [0.4, 0.5) is 5.82 Å². The van der Waals surface area contributed by atoms with Gasteiger partial charge in [-0.05, 0) is 29.3 Å². The van der Waals surface area contributed by atoms with Gasteiger partial charge in [-0.15, -0.1) is 11.6 Å². The Balaban J connectivity index is 2.99. The van der Waals surface area contributed by atoms with Crippen molar-refractivity contribution in [2.24, 2.45) is 0 Å². The highest BCUT2D eigenvalue weighted by molar-refractivity contribution is 9.10. The Morgan fingerprint density at radius 3 is 2.93 bits per heavy atom. The van der Waals surface area contributed by atoms with Gasteiger partial charge in [-0.3, -0.25) is 4.79 Å². The molecule has 2 N–H and O–H groups in total. The summed E-state index contributed by atoms with van der Waals surface area (Å²) in [5, 5.41) is 3.15. The molecule has 0 aliphatic heterocycles. The molecule has 15 heavy (non-hydrogen) atoms. The molecule has 1 atom stereocenters. The molecule has 1 unspecified atom stereocenters. The first-order chi connectivity index (χ1) is 7.02. The van der Waals surface area contributed by atoms with Crippen LogP contribution in [-0.4, -0.2) is 21.4 Å². The Kier molecular flexibility index (Phi) is 4.16. The van der Waals surface area contributed by atoms with E-state index in [-0.39, 0.29) is 11.1 Å². The van der Waals surface area contributed by atoms with Gasteiger partial charge < -0.3 is 10.3 Å². The minimum Gasteiger partial charge on any atom is -0.363 e. The maximum absolute atomic E-state index is 11.3. The zero-order chi connectivity index (χ0) is 11.5. The van der Waals surface area contributed by atoms with E-state index in [0.717, 1.165) is 6.42 Å². The van der Waals surface area contributed by atoms with E-state index < -0.39 is 0 Å². The summed E-state index contributed by atoms with van der Waals surface area (Å²) in [7, 11) is 0. The zero-order valence-electron chi connectivity index (χ0n) is 8.60. The molecule has 0 aliphatic rings. The lowest BCUT2D eigenvalue weighted by atomic mass is 10.0. The number of aromatic amines is 1. The monoisotopic (exact) mass is 293 g/mol. The van der Waals surface area contributed by atoms with Crippen molar-refractivity contribution in [3.8, 4) is 0 Å². The van der Waals surface area contributed by atoms with Crippen LogP contribution in [0.2, 0.25) is 0 Å². The molecule has 4 nitrogen and oxygen atoms in total. The third-order valence-electron chi connectivity index (χ3n) is 2.29. The molecule has 0 saturated carbocycles. The zero-order valence-corrected chi connectivity index (χ0v) is 10.9. The van der Waals surface area contributed by atoms with E-state index in [2.05, 4.69) is 31.2 Å². The molecule has 1 aromatic rings. The fourth-order valence-corrected chi connectivity index (χ4v) is 1.54. The fourth-order valence-electron chi connectivity index (χ4n) is 0.972. The number of nitrogens with zero attached hydrogens (tertiary/aromatic N) is 1. The van der Waals surface area contributed by atoms with E-state index in [0.29, 0.717) is 16.2 Å². The summed E-state index contributed by atoms with van der Waals surface area (Å²) in [6.07, 6.45) is 2.21. The molecule has 1 aromatic heterocycles. The molecule has 0 spiro atoms. The lowest BCUT2D eigenvalue weighted by molar-refractivity contribution is 0.550. The summed E-state index contributed by atoms with van der Waals surface area (Å²) in [5.41, 5.74) is -0.467. The fraction of sp³-hybridized carbons (Fsp3) is 0.556. The average molecular weight is 295 g/mol. The number of alkyl halides is 1. The molecular formula is C9H13BrClN3O. The van der Waals surface area contributed by atoms with E-state index in [1.807, 2.05) is 13.8 Å². The van der Waals surface area contributed by atoms with Crippen molar-refractivity contribution in [1.29, 1.82) is 0 Å². The molecule has 0 radical (unpaired) electrons. The Morgan fingerprint density at radius 2 is 2.40 bits per heavy atom. The molecule has 0 saturated heterocycles. The van der Waals surface area contributed by atoms with E-state index in [1.165, 1.54) is 6.33 Å². The van der Waals surface area contributed by atoms with Crippen molar-refractivity contribution in [2.75, 3.05) is 11.2 Å². The van der Waals surface area contributed by atoms with Crippen LogP contribution in [-0.2, 0) is 0 Å². The Hall–Kier alpha value is -0.550. The van der Waals surface area contributed by atoms with Crippen LogP contribution in [0, 0.1) is 0 Å². The number of hydrogen-bond donors (Lipinski definition) is 2. The first-order valence-electron chi connectivity index (χ1n) is 4.60. The van der Waals surface area contributed by atoms with Crippen LogP contribution < -0.4 is 10.9 Å². The number of aromatic nitrogens is 2. The lowest BCUT2D eigenvalue weighted by Crippen LogP contribution is -2.37. The molecule has 84 valence electrons. The smallest absolute Gasteiger partial charge is 0.267 e. The maximum atomic E-state index is 11.3. The van der Waals surface area contributed by atoms with Crippen molar-refractivity contribution in [1.82, 2.24) is 9.97 Å². The van der Waals surface area contributed by atoms with Gasteiger partial charge >= 0.3 is 0 Å². The van der Waals surface area contributed by atoms with Gasteiger partial charge in [0.1, 0.15) is 10.3 Å². The number of anilines is 1. The lowest BCUT2D eigenvalue weighted by Gasteiger charge is -2.27. The Labute approximate surface area is 102 Å². The van der Waals surface area contributed by atoms with Crippen LogP contribution >= 0.6 is 27.5 Å². The molecule has 1 rings (SSSR count). The summed E-state index contributed by atoms with van der Waals surface area (Å²) in [6, 6.07) is 0. The first kappa shape index (κ1) is 12.5. The van der Waals surface area contributed by atoms with Crippen molar-refractivity contribution >= 4 is 33.3 Å². The maximum Gasteiger partial charge on any atom is 0.267 e. The van der Waals surface area contributed by atoms with Gasteiger partial charge in [-0.2, -0.15) is 0 Å².